The van der Waals surface area contributed by atoms with Crippen LogP contribution in [0.15, 0.2) is 47.6 Å². The molecule has 0 radical (unpaired) electrons. The molecule has 2 aromatic carbocycles. The number of hydrogen-bond donors (Lipinski definition) is 1. The third-order valence-corrected chi connectivity index (χ3v) is 3.15. The molecule has 1 amide bonds. The topological polar surface area (TPSA) is 50.7 Å². The molecular formula is C18H20N2O2. The van der Waals surface area contributed by atoms with Crippen LogP contribution in [0.5, 0.6) is 5.75 Å². The Hall–Kier alpha value is -2.62. The number of hydrazone groups is 1. The molecule has 1 N–H and O–H groups in total. The average Bonchev–Trinajstić information content (AvgIpc) is 2.47. The largest absolute Gasteiger partial charge is 0.483 e. The monoisotopic (exact) mass is 296 g/mol. The number of rotatable bonds is 5. The SMILES string of the molecule is Cc1cc(C)c(OCC(=O)NN=Cc2ccccc2)c(C)c1. The number of carbonyl (C=O) groups excluding carboxylic acids is 1. The minimum Gasteiger partial charge on any atom is -0.483 e. The second-order valence-electron chi connectivity index (χ2n) is 5.22. The summed E-state index contributed by atoms with van der Waals surface area (Å²) in [6.07, 6.45) is 1.60. The van der Waals surface area contributed by atoms with E-state index in [1.54, 1.807) is 6.21 Å². The lowest BCUT2D eigenvalue weighted by molar-refractivity contribution is -0.123. The molecule has 114 valence electrons. The van der Waals surface area contributed by atoms with Gasteiger partial charge in [0.25, 0.3) is 5.91 Å². The van der Waals surface area contributed by atoms with Crippen LogP contribution in [0.4, 0.5) is 0 Å². The van der Waals surface area contributed by atoms with Crippen molar-refractivity contribution in [1.82, 2.24) is 5.43 Å². The van der Waals surface area contributed by atoms with E-state index >= 15 is 0 Å². The Morgan fingerprint density at radius 2 is 1.77 bits per heavy atom. The van der Waals surface area contributed by atoms with E-state index in [-0.39, 0.29) is 12.5 Å². The Morgan fingerprint density at radius 3 is 2.41 bits per heavy atom. The smallest absolute Gasteiger partial charge is 0.277 e. The minimum absolute atomic E-state index is 0.0587. The molecule has 0 unspecified atom stereocenters. The van der Waals surface area contributed by atoms with Gasteiger partial charge in [-0.05, 0) is 37.5 Å². The van der Waals surface area contributed by atoms with E-state index in [1.807, 2.05) is 63.2 Å². The fourth-order valence-corrected chi connectivity index (χ4v) is 2.28. The quantitative estimate of drug-likeness (QED) is 0.680. The van der Waals surface area contributed by atoms with Crippen molar-refractivity contribution in [3.63, 3.8) is 0 Å². The molecular weight excluding hydrogens is 276 g/mol. The van der Waals surface area contributed by atoms with Gasteiger partial charge in [-0.2, -0.15) is 5.10 Å². The van der Waals surface area contributed by atoms with Crippen LogP contribution in [0.2, 0.25) is 0 Å². The van der Waals surface area contributed by atoms with E-state index in [9.17, 15) is 4.79 Å². The van der Waals surface area contributed by atoms with Gasteiger partial charge in [-0.25, -0.2) is 5.43 Å². The zero-order valence-corrected chi connectivity index (χ0v) is 13.1. The normalized spacial score (nSPS) is 10.7. The summed E-state index contributed by atoms with van der Waals surface area (Å²) in [5, 5.41) is 3.91. The highest BCUT2D eigenvalue weighted by Crippen LogP contribution is 2.24. The highest BCUT2D eigenvalue weighted by atomic mass is 16.5. The van der Waals surface area contributed by atoms with Crippen molar-refractivity contribution >= 4 is 12.1 Å². The molecule has 0 aliphatic rings. The highest BCUT2D eigenvalue weighted by Gasteiger charge is 2.07. The van der Waals surface area contributed by atoms with Crippen LogP contribution in [0.1, 0.15) is 22.3 Å². The fraction of sp³-hybridized carbons (Fsp3) is 0.222. The Kier molecular flexibility index (Phi) is 5.31. The molecule has 0 atom stereocenters. The van der Waals surface area contributed by atoms with E-state index in [0.29, 0.717) is 0 Å². The van der Waals surface area contributed by atoms with Gasteiger partial charge in [-0.3, -0.25) is 4.79 Å². The summed E-state index contributed by atoms with van der Waals surface area (Å²) in [5.74, 6) is 0.472. The van der Waals surface area contributed by atoms with E-state index < -0.39 is 0 Å². The molecule has 2 aromatic rings. The van der Waals surface area contributed by atoms with Crippen LogP contribution in [0.3, 0.4) is 0 Å². The molecule has 0 aliphatic heterocycles. The molecule has 2 rings (SSSR count). The number of aryl methyl sites for hydroxylation is 3. The maximum Gasteiger partial charge on any atom is 0.277 e. The lowest BCUT2D eigenvalue weighted by Crippen LogP contribution is -2.25. The lowest BCUT2D eigenvalue weighted by Gasteiger charge is -2.12. The molecule has 0 bridgehead atoms. The number of benzene rings is 2. The molecule has 0 fully saturated rings. The Balaban J connectivity index is 1.87. The first-order valence-corrected chi connectivity index (χ1v) is 7.14. The zero-order valence-electron chi connectivity index (χ0n) is 13.1. The number of nitrogens with zero attached hydrogens (tertiary/aromatic N) is 1. The van der Waals surface area contributed by atoms with Crippen molar-refractivity contribution in [3.05, 3.63) is 64.7 Å². The van der Waals surface area contributed by atoms with Crippen LogP contribution in [-0.4, -0.2) is 18.7 Å². The van der Waals surface area contributed by atoms with Crippen molar-refractivity contribution < 1.29 is 9.53 Å². The number of hydrogen-bond acceptors (Lipinski definition) is 3. The number of nitrogens with one attached hydrogen (secondary N) is 1. The van der Waals surface area contributed by atoms with Crippen LogP contribution >= 0.6 is 0 Å². The number of ether oxygens (including phenoxy) is 1. The van der Waals surface area contributed by atoms with Gasteiger partial charge < -0.3 is 4.74 Å². The van der Waals surface area contributed by atoms with E-state index in [4.69, 9.17) is 4.74 Å². The van der Waals surface area contributed by atoms with Crippen molar-refractivity contribution in [2.75, 3.05) is 6.61 Å². The molecule has 0 aromatic heterocycles. The molecule has 4 nitrogen and oxygen atoms in total. The van der Waals surface area contributed by atoms with E-state index in [0.717, 1.165) is 22.4 Å². The number of amides is 1. The third kappa shape index (κ3) is 4.45. The van der Waals surface area contributed by atoms with Crippen molar-refractivity contribution in [2.45, 2.75) is 20.8 Å². The van der Waals surface area contributed by atoms with E-state index in [2.05, 4.69) is 10.5 Å². The van der Waals surface area contributed by atoms with Crippen LogP contribution in [0, 0.1) is 20.8 Å². The van der Waals surface area contributed by atoms with Gasteiger partial charge in [0.15, 0.2) is 6.61 Å². The predicted octanol–water partition coefficient (Wildman–Crippen LogP) is 3.14. The highest BCUT2D eigenvalue weighted by molar-refractivity contribution is 5.82. The van der Waals surface area contributed by atoms with Gasteiger partial charge in [-0.1, -0.05) is 48.0 Å². The summed E-state index contributed by atoms with van der Waals surface area (Å²) in [7, 11) is 0. The molecule has 0 spiro atoms. The second kappa shape index (κ2) is 7.41. The van der Waals surface area contributed by atoms with E-state index in [1.165, 1.54) is 5.56 Å². The van der Waals surface area contributed by atoms with Crippen LogP contribution < -0.4 is 10.2 Å². The average molecular weight is 296 g/mol. The summed E-state index contributed by atoms with van der Waals surface area (Å²) in [6, 6.07) is 13.6. The molecule has 0 aliphatic carbocycles. The third-order valence-electron chi connectivity index (χ3n) is 3.15. The van der Waals surface area contributed by atoms with Crippen molar-refractivity contribution in [2.24, 2.45) is 5.10 Å². The lowest BCUT2D eigenvalue weighted by atomic mass is 10.1. The van der Waals surface area contributed by atoms with Crippen molar-refractivity contribution in [3.8, 4) is 5.75 Å². The summed E-state index contributed by atoms with van der Waals surface area (Å²) >= 11 is 0. The molecule has 4 heteroatoms. The summed E-state index contributed by atoms with van der Waals surface area (Å²) in [5.41, 5.74) is 6.61. The number of carbonyl (C=O) groups is 1. The summed E-state index contributed by atoms with van der Waals surface area (Å²) < 4.78 is 5.60. The first kappa shape index (κ1) is 15.8. The zero-order chi connectivity index (χ0) is 15.9. The molecule has 0 saturated carbocycles. The maximum atomic E-state index is 11.7. The summed E-state index contributed by atoms with van der Waals surface area (Å²) in [4.78, 5) is 11.7. The fourth-order valence-electron chi connectivity index (χ4n) is 2.28. The van der Waals surface area contributed by atoms with Gasteiger partial charge in [0.1, 0.15) is 5.75 Å². The Morgan fingerprint density at radius 1 is 1.14 bits per heavy atom. The van der Waals surface area contributed by atoms with Gasteiger partial charge in [0, 0.05) is 0 Å². The second-order valence-corrected chi connectivity index (χ2v) is 5.22. The van der Waals surface area contributed by atoms with Gasteiger partial charge in [0.2, 0.25) is 0 Å². The first-order valence-electron chi connectivity index (χ1n) is 7.14. The van der Waals surface area contributed by atoms with Crippen molar-refractivity contribution in [1.29, 1.82) is 0 Å². The molecule has 22 heavy (non-hydrogen) atoms. The van der Waals surface area contributed by atoms with Gasteiger partial charge >= 0.3 is 0 Å². The maximum absolute atomic E-state index is 11.7. The molecule has 0 heterocycles. The standard InChI is InChI=1S/C18H20N2O2/c1-13-9-14(2)18(15(3)10-13)22-12-17(21)20-19-11-16-7-5-4-6-8-16/h4-11H,12H2,1-3H3,(H,20,21). The van der Waals surface area contributed by atoms with Crippen LogP contribution in [-0.2, 0) is 4.79 Å². The van der Waals surface area contributed by atoms with Gasteiger partial charge in [-0.15, -0.1) is 0 Å². The summed E-state index contributed by atoms with van der Waals surface area (Å²) in [6.45, 7) is 5.92. The Bertz CT molecular complexity index is 656. The van der Waals surface area contributed by atoms with Crippen LogP contribution in [0.25, 0.3) is 0 Å². The minimum atomic E-state index is -0.286. The molecule has 0 saturated heterocycles. The van der Waals surface area contributed by atoms with Gasteiger partial charge in [0.05, 0.1) is 6.21 Å². The first-order chi connectivity index (χ1) is 10.6. The predicted molar refractivity (Wildman–Crippen MR) is 88.3 cm³/mol. The Labute approximate surface area is 130 Å².